The van der Waals surface area contributed by atoms with E-state index in [-0.39, 0.29) is 11.6 Å². The molecule has 0 saturated carbocycles. The minimum Gasteiger partial charge on any atom is -0.462 e. The fourth-order valence-electron chi connectivity index (χ4n) is 2.35. The molecule has 28 heavy (non-hydrogen) atoms. The van der Waals surface area contributed by atoms with Gasteiger partial charge in [-0.15, -0.1) is 0 Å². The van der Waals surface area contributed by atoms with Crippen LogP contribution in [-0.4, -0.2) is 33.4 Å². The summed E-state index contributed by atoms with van der Waals surface area (Å²) in [6, 6.07) is 11.7. The SMILES string of the molecule is CCOC(=O)c1ccc(NC(=O)c2ccnc(NCc3cccnc3)n2)cc1. The first-order chi connectivity index (χ1) is 13.7. The van der Waals surface area contributed by atoms with Gasteiger partial charge in [-0.1, -0.05) is 6.07 Å². The average molecular weight is 377 g/mol. The van der Waals surface area contributed by atoms with Gasteiger partial charge in [0, 0.05) is 30.8 Å². The van der Waals surface area contributed by atoms with Crippen molar-refractivity contribution in [3.63, 3.8) is 0 Å². The third-order valence-corrected chi connectivity index (χ3v) is 3.72. The van der Waals surface area contributed by atoms with E-state index in [1.165, 1.54) is 12.3 Å². The van der Waals surface area contributed by atoms with Gasteiger partial charge in [0.15, 0.2) is 0 Å². The van der Waals surface area contributed by atoms with Crippen LogP contribution in [0.2, 0.25) is 0 Å². The van der Waals surface area contributed by atoms with Crippen molar-refractivity contribution in [3.8, 4) is 0 Å². The van der Waals surface area contributed by atoms with Gasteiger partial charge in [0.1, 0.15) is 5.69 Å². The lowest BCUT2D eigenvalue weighted by molar-refractivity contribution is 0.0526. The smallest absolute Gasteiger partial charge is 0.338 e. The maximum Gasteiger partial charge on any atom is 0.338 e. The van der Waals surface area contributed by atoms with E-state index in [4.69, 9.17) is 4.74 Å². The second-order valence-corrected chi connectivity index (χ2v) is 5.73. The van der Waals surface area contributed by atoms with Crippen molar-refractivity contribution in [1.29, 1.82) is 0 Å². The molecule has 0 unspecified atom stereocenters. The summed E-state index contributed by atoms with van der Waals surface area (Å²) in [5.41, 5.74) is 2.16. The molecule has 3 aromatic rings. The highest BCUT2D eigenvalue weighted by Crippen LogP contribution is 2.12. The average Bonchev–Trinajstić information content (AvgIpc) is 2.74. The first kappa shape index (κ1) is 19.0. The van der Waals surface area contributed by atoms with E-state index >= 15 is 0 Å². The molecule has 0 saturated heterocycles. The molecule has 142 valence electrons. The first-order valence-corrected chi connectivity index (χ1v) is 8.70. The molecular weight excluding hydrogens is 358 g/mol. The highest BCUT2D eigenvalue weighted by Gasteiger charge is 2.11. The summed E-state index contributed by atoms with van der Waals surface area (Å²) in [7, 11) is 0. The van der Waals surface area contributed by atoms with Crippen molar-refractivity contribution in [2.75, 3.05) is 17.2 Å². The number of rotatable bonds is 7. The third kappa shape index (κ3) is 5.10. The van der Waals surface area contributed by atoms with E-state index in [1.807, 2.05) is 12.1 Å². The second kappa shape index (κ2) is 9.22. The number of pyridine rings is 1. The molecule has 2 N–H and O–H groups in total. The minimum absolute atomic E-state index is 0.221. The third-order valence-electron chi connectivity index (χ3n) is 3.72. The van der Waals surface area contributed by atoms with Gasteiger partial charge in [0.25, 0.3) is 5.91 Å². The van der Waals surface area contributed by atoms with E-state index in [9.17, 15) is 9.59 Å². The zero-order valence-electron chi connectivity index (χ0n) is 15.3. The van der Waals surface area contributed by atoms with Crippen LogP contribution in [0.25, 0.3) is 0 Å². The summed E-state index contributed by atoms with van der Waals surface area (Å²) < 4.78 is 4.93. The monoisotopic (exact) mass is 377 g/mol. The number of amides is 1. The van der Waals surface area contributed by atoms with Crippen LogP contribution < -0.4 is 10.6 Å². The van der Waals surface area contributed by atoms with Crippen molar-refractivity contribution >= 4 is 23.5 Å². The number of aromatic nitrogens is 3. The topological polar surface area (TPSA) is 106 Å². The van der Waals surface area contributed by atoms with Crippen LogP contribution in [0.3, 0.4) is 0 Å². The van der Waals surface area contributed by atoms with Crippen molar-refractivity contribution in [2.45, 2.75) is 13.5 Å². The molecule has 2 aromatic heterocycles. The Balaban J connectivity index is 1.62. The van der Waals surface area contributed by atoms with Crippen LogP contribution in [0.5, 0.6) is 0 Å². The second-order valence-electron chi connectivity index (χ2n) is 5.73. The van der Waals surface area contributed by atoms with Crippen LogP contribution in [-0.2, 0) is 11.3 Å². The molecule has 0 bridgehead atoms. The standard InChI is InChI=1S/C20H19N5O3/c1-2-28-19(27)15-5-7-16(8-6-15)24-18(26)17-9-11-22-20(25-17)23-13-14-4-3-10-21-12-14/h3-12H,2,13H2,1H3,(H,24,26)(H,22,23,25). The van der Waals surface area contributed by atoms with Crippen LogP contribution in [0, 0.1) is 0 Å². The molecule has 0 aliphatic rings. The maximum atomic E-state index is 12.4. The number of anilines is 2. The molecule has 2 heterocycles. The molecule has 0 atom stereocenters. The van der Waals surface area contributed by atoms with Gasteiger partial charge in [-0.25, -0.2) is 14.8 Å². The lowest BCUT2D eigenvalue weighted by Crippen LogP contribution is -2.15. The number of carbonyl (C=O) groups is 2. The summed E-state index contributed by atoms with van der Waals surface area (Å²) in [4.78, 5) is 36.5. The predicted octanol–water partition coefficient (Wildman–Crippen LogP) is 2.91. The van der Waals surface area contributed by atoms with E-state index in [0.29, 0.717) is 30.4 Å². The van der Waals surface area contributed by atoms with Gasteiger partial charge in [-0.2, -0.15) is 0 Å². The molecule has 8 nitrogen and oxygen atoms in total. The summed E-state index contributed by atoms with van der Waals surface area (Å²) in [6.07, 6.45) is 4.95. The van der Waals surface area contributed by atoms with Gasteiger partial charge < -0.3 is 15.4 Å². The molecule has 0 aliphatic heterocycles. The lowest BCUT2D eigenvalue weighted by atomic mass is 10.2. The van der Waals surface area contributed by atoms with Crippen LogP contribution in [0.4, 0.5) is 11.6 Å². The molecular formula is C20H19N5O3. The van der Waals surface area contributed by atoms with Crippen molar-refractivity contribution in [2.24, 2.45) is 0 Å². The number of hydrogen-bond acceptors (Lipinski definition) is 7. The first-order valence-electron chi connectivity index (χ1n) is 8.70. The Morgan fingerprint density at radius 2 is 1.89 bits per heavy atom. The zero-order chi connectivity index (χ0) is 19.8. The summed E-state index contributed by atoms with van der Waals surface area (Å²) >= 11 is 0. The summed E-state index contributed by atoms with van der Waals surface area (Å²) in [5, 5.41) is 5.80. The number of ether oxygens (including phenoxy) is 1. The van der Waals surface area contributed by atoms with Gasteiger partial charge in [-0.05, 0) is 48.9 Å². The maximum absolute atomic E-state index is 12.4. The Kier molecular flexibility index (Phi) is 6.25. The Labute approximate surface area is 162 Å². The molecule has 0 radical (unpaired) electrons. The van der Waals surface area contributed by atoms with Gasteiger partial charge in [0.2, 0.25) is 5.95 Å². The number of nitrogens with zero attached hydrogens (tertiary/aromatic N) is 3. The lowest BCUT2D eigenvalue weighted by Gasteiger charge is -2.08. The van der Waals surface area contributed by atoms with Gasteiger partial charge in [0.05, 0.1) is 12.2 Å². The highest BCUT2D eigenvalue weighted by molar-refractivity contribution is 6.03. The normalized spacial score (nSPS) is 10.2. The van der Waals surface area contributed by atoms with Crippen LogP contribution >= 0.6 is 0 Å². The Morgan fingerprint density at radius 1 is 1.07 bits per heavy atom. The number of nitrogens with one attached hydrogen (secondary N) is 2. The van der Waals surface area contributed by atoms with Crippen LogP contribution in [0.1, 0.15) is 33.3 Å². The molecule has 1 amide bonds. The zero-order valence-corrected chi connectivity index (χ0v) is 15.3. The number of benzene rings is 1. The van der Waals surface area contributed by atoms with Gasteiger partial charge in [-0.3, -0.25) is 9.78 Å². The number of carbonyl (C=O) groups excluding carboxylic acids is 2. The van der Waals surface area contributed by atoms with E-state index in [2.05, 4.69) is 25.6 Å². The quantitative estimate of drug-likeness (QED) is 0.610. The number of hydrogen-bond donors (Lipinski definition) is 2. The molecule has 0 aliphatic carbocycles. The summed E-state index contributed by atoms with van der Waals surface area (Å²) in [6.45, 7) is 2.55. The van der Waals surface area contributed by atoms with E-state index < -0.39 is 5.97 Å². The van der Waals surface area contributed by atoms with Gasteiger partial charge >= 0.3 is 5.97 Å². The van der Waals surface area contributed by atoms with Crippen LogP contribution in [0.15, 0.2) is 61.1 Å². The minimum atomic E-state index is -0.402. The summed E-state index contributed by atoms with van der Waals surface area (Å²) in [5.74, 6) is -0.439. The Hall–Kier alpha value is -3.81. The van der Waals surface area contributed by atoms with Crippen molar-refractivity contribution in [3.05, 3.63) is 77.9 Å². The predicted molar refractivity (Wildman–Crippen MR) is 104 cm³/mol. The largest absolute Gasteiger partial charge is 0.462 e. The van der Waals surface area contributed by atoms with Crippen molar-refractivity contribution in [1.82, 2.24) is 15.0 Å². The molecule has 8 heteroatoms. The van der Waals surface area contributed by atoms with E-state index in [1.54, 1.807) is 43.6 Å². The molecule has 3 rings (SSSR count). The van der Waals surface area contributed by atoms with E-state index in [0.717, 1.165) is 5.56 Å². The Morgan fingerprint density at radius 3 is 2.61 bits per heavy atom. The highest BCUT2D eigenvalue weighted by atomic mass is 16.5. The fourth-order valence-corrected chi connectivity index (χ4v) is 2.35. The molecule has 1 aromatic carbocycles. The molecule has 0 spiro atoms. The van der Waals surface area contributed by atoms with Crippen molar-refractivity contribution < 1.29 is 14.3 Å². The fraction of sp³-hybridized carbons (Fsp3) is 0.150. The Bertz CT molecular complexity index is 946. The molecule has 0 fully saturated rings. The number of esters is 1.